The SMILES string of the molecule is C/C=C(/CCC)c1ccc(OC)cc1. The molecule has 1 aromatic carbocycles. The first-order chi connectivity index (χ1) is 6.81. The molecule has 1 nitrogen and oxygen atoms in total. The van der Waals surface area contributed by atoms with Crippen molar-refractivity contribution in [3.63, 3.8) is 0 Å². The molecule has 0 radical (unpaired) electrons. The van der Waals surface area contributed by atoms with Crippen molar-refractivity contribution in [2.24, 2.45) is 0 Å². The van der Waals surface area contributed by atoms with Gasteiger partial charge in [-0.1, -0.05) is 31.6 Å². The molecule has 0 aliphatic carbocycles. The highest BCUT2D eigenvalue weighted by Crippen LogP contribution is 2.22. The smallest absolute Gasteiger partial charge is 0.118 e. The average Bonchev–Trinajstić information content (AvgIpc) is 2.26. The number of benzene rings is 1. The zero-order valence-electron chi connectivity index (χ0n) is 9.21. The molecule has 14 heavy (non-hydrogen) atoms. The monoisotopic (exact) mass is 190 g/mol. The second-order valence-electron chi connectivity index (χ2n) is 3.29. The van der Waals surface area contributed by atoms with Gasteiger partial charge in [0.1, 0.15) is 5.75 Å². The Morgan fingerprint density at radius 2 is 1.93 bits per heavy atom. The summed E-state index contributed by atoms with van der Waals surface area (Å²) in [6.07, 6.45) is 4.51. The quantitative estimate of drug-likeness (QED) is 0.699. The summed E-state index contributed by atoms with van der Waals surface area (Å²) in [6.45, 7) is 4.29. The van der Waals surface area contributed by atoms with Crippen molar-refractivity contribution in [1.82, 2.24) is 0 Å². The molecule has 0 heterocycles. The summed E-state index contributed by atoms with van der Waals surface area (Å²) in [5.74, 6) is 0.917. The molecule has 0 fully saturated rings. The molecule has 0 unspecified atom stereocenters. The zero-order chi connectivity index (χ0) is 10.4. The third kappa shape index (κ3) is 2.63. The summed E-state index contributed by atoms with van der Waals surface area (Å²) < 4.78 is 5.12. The first-order valence-electron chi connectivity index (χ1n) is 5.11. The molecule has 1 heteroatoms. The van der Waals surface area contributed by atoms with Crippen LogP contribution in [0, 0.1) is 0 Å². The predicted molar refractivity (Wildman–Crippen MR) is 61.6 cm³/mol. The van der Waals surface area contributed by atoms with Gasteiger partial charge in [0.25, 0.3) is 0 Å². The minimum absolute atomic E-state index is 0.917. The van der Waals surface area contributed by atoms with Crippen LogP contribution in [0.3, 0.4) is 0 Å². The van der Waals surface area contributed by atoms with Crippen molar-refractivity contribution in [3.8, 4) is 5.75 Å². The van der Waals surface area contributed by atoms with Gasteiger partial charge in [-0.3, -0.25) is 0 Å². The number of allylic oxidation sites excluding steroid dienone is 2. The van der Waals surface area contributed by atoms with Crippen molar-refractivity contribution in [3.05, 3.63) is 35.9 Å². The molecule has 76 valence electrons. The topological polar surface area (TPSA) is 9.23 Å². The number of hydrogen-bond donors (Lipinski definition) is 0. The van der Waals surface area contributed by atoms with Crippen LogP contribution in [0.15, 0.2) is 30.3 Å². The molecule has 0 bridgehead atoms. The van der Waals surface area contributed by atoms with Gasteiger partial charge in [-0.05, 0) is 36.6 Å². The van der Waals surface area contributed by atoms with Gasteiger partial charge < -0.3 is 4.74 Å². The highest BCUT2D eigenvalue weighted by molar-refractivity contribution is 5.65. The summed E-state index contributed by atoms with van der Waals surface area (Å²) >= 11 is 0. The Balaban J connectivity index is 2.84. The van der Waals surface area contributed by atoms with Crippen LogP contribution in [0.5, 0.6) is 5.75 Å². The first-order valence-corrected chi connectivity index (χ1v) is 5.11. The predicted octanol–water partition coefficient (Wildman–Crippen LogP) is 3.90. The van der Waals surface area contributed by atoms with Gasteiger partial charge in [0.05, 0.1) is 7.11 Å². The molecular formula is C13H18O. The fourth-order valence-electron chi connectivity index (χ4n) is 1.53. The van der Waals surface area contributed by atoms with Crippen LogP contribution >= 0.6 is 0 Å². The van der Waals surface area contributed by atoms with Crippen molar-refractivity contribution >= 4 is 5.57 Å². The zero-order valence-corrected chi connectivity index (χ0v) is 9.21. The molecule has 0 amide bonds. The third-order valence-corrected chi connectivity index (χ3v) is 2.33. The summed E-state index contributed by atoms with van der Waals surface area (Å²) in [4.78, 5) is 0. The molecule has 0 aliphatic rings. The van der Waals surface area contributed by atoms with Gasteiger partial charge in [0.2, 0.25) is 0 Å². The molecule has 1 aromatic rings. The minimum atomic E-state index is 0.917. The van der Waals surface area contributed by atoms with Crippen molar-refractivity contribution in [2.75, 3.05) is 7.11 Å². The molecule has 0 spiro atoms. The van der Waals surface area contributed by atoms with E-state index < -0.39 is 0 Å². The van der Waals surface area contributed by atoms with E-state index in [2.05, 4.69) is 32.1 Å². The number of rotatable bonds is 4. The van der Waals surface area contributed by atoms with Crippen molar-refractivity contribution in [2.45, 2.75) is 26.7 Å². The summed E-state index contributed by atoms with van der Waals surface area (Å²) in [5.41, 5.74) is 2.71. The highest BCUT2D eigenvalue weighted by Gasteiger charge is 1.99. The summed E-state index contributed by atoms with van der Waals surface area (Å²) in [7, 11) is 1.69. The van der Waals surface area contributed by atoms with Crippen LogP contribution in [-0.4, -0.2) is 7.11 Å². The van der Waals surface area contributed by atoms with Crippen molar-refractivity contribution in [1.29, 1.82) is 0 Å². The van der Waals surface area contributed by atoms with E-state index in [0.29, 0.717) is 0 Å². The van der Waals surface area contributed by atoms with Gasteiger partial charge in [0.15, 0.2) is 0 Å². The van der Waals surface area contributed by atoms with Gasteiger partial charge in [-0.25, -0.2) is 0 Å². The lowest BCUT2D eigenvalue weighted by Gasteiger charge is -2.06. The Hall–Kier alpha value is -1.24. The van der Waals surface area contributed by atoms with E-state index in [1.165, 1.54) is 17.6 Å². The summed E-state index contributed by atoms with van der Waals surface area (Å²) in [5, 5.41) is 0. The third-order valence-electron chi connectivity index (χ3n) is 2.33. The Morgan fingerprint density at radius 3 is 2.36 bits per heavy atom. The highest BCUT2D eigenvalue weighted by atomic mass is 16.5. The molecule has 0 aliphatic heterocycles. The van der Waals surface area contributed by atoms with Gasteiger partial charge in [-0.15, -0.1) is 0 Å². The van der Waals surface area contributed by atoms with Crippen LogP contribution in [0.2, 0.25) is 0 Å². The second kappa shape index (κ2) is 5.48. The molecule has 0 saturated carbocycles. The number of methoxy groups -OCH3 is 1. The van der Waals surface area contributed by atoms with Crippen LogP contribution < -0.4 is 4.74 Å². The molecule has 1 rings (SSSR count). The van der Waals surface area contributed by atoms with E-state index in [0.717, 1.165) is 12.2 Å². The fraction of sp³-hybridized carbons (Fsp3) is 0.385. The van der Waals surface area contributed by atoms with Gasteiger partial charge >= 0.3 is 0 Å². The van der Waals surface area contributed by atoms with E-state index in [4.69, 9.17) is 4.74 Å². The molecule has 0 aromatic heterocycles. The first kappa shape index (κ1) is 10.8. The maximum Gasteiger partial charge on any atom is 0.118 e. The van der Waals surface area contributed by atoms with E-state index in [9.17, 15) is 0 Å². The van der Waals surface area contributed by atoms with Gasteiger partial charge in [-0.2, -0.15) is 0 Å². The Labute approximate surface area is 86.4 Å². The standard InChI is InChI=1S/C13H18O/c1-4-6-11(5-2)12-7-9-13(14-3)10-8-12/h5,7-10H,4,6H2,1-3H3/b11-5-. The number of ether oxygens (including phenoxy) is 1. The molecule has 0 N–H and O–H groups in total. The van der Waals surface area contributed by atoms with E-state index in [1.54, 1.807) is 7.11 Å². The normalized spacial score (nSPS) is 11.5. The lowest BCUT2D eigenvalue weighted by atomic mass is 10.0. The maximum atomic E-state index is 5.12. The summed E-state index contributed by atoms with van der Waals surface area (Å²) in [6, 6.07) is 8.25. The van der Waals surface area contributed by atoms with Crippen LogP contribution in [0.25, 0.3) is 5.57 Å². The lowest BCUT2D eigenvalue weighted by molar-refractivity contribution is 0.415. The molecule has 0 atom stereocenters. The second-order valence-corrected chi connectivity index (χ2v) is 3.29. The fourth-order valence-corrected chi connectivity index (χ4v) is 1.53. The maximum absolute atomic E-state index is 5.12. The lowest BCUT2D eigenvalue weighted by Crippen LogP contribution is -1.86. The van der Waals surface area contributed by atoms with Gasteiger partial charge in [0, 0.05) is 0 Å². The Kier molecular flexibility index (Phi) is 4.24. The Morgan fingerprint density at radius 1 is 1.29 bits per heavy atom. The number of hydrogen-bond acceptors (Lipinski definition) is 1. The van der Waals surface area contributed by atoms with Crippen LogP contribution in [0.4, 0.5) is 0 Å². The van der Waals surface area contributed by atoms with E-state index in [1.807, 2.05) is 12.1 Å². The largest absolute Gasteiger partial charge is 0.497 e. The minimum Gasteiger partial charge on any atom is -0.497 e. The van der Waals surface area contributed by atoms with Crippen LogP contribution in [-0.2, 0) is 0 Å². The van der Waals surface area contributed by atoms with Crippen molar-refractivity contribution < 1.29 is 4.74 Å². The molecular weight excluding hydrogens is 172 g/mol. The Bertz CT molecular complexity index is 296. The average molecular weight is 190 g/mol. The van der Waals surface area contributed by atoms with E-state index >= 15 is 0 Å². The van der Waals surface area contributed by atoms with Crippen LogP contribution in [0.1, 0.15) is 32.3 Å². The molecule has 0 saturated heterocycles. The van der Waals surface area contributed by atoms with E-state index in [-0.39, 0.29) is 0 Å².